The van der Waals surface area contributed by atoms with Crippen molar-refractivity contribution in [2.45, 2.75) is 53.0 Å². The van der Waals surface area contributed by atoms with Gasteiger partial charge >= 0.3 is 0 Å². The summed E-state index contributed by atoms with van der Waals surface area (Å²) in [5.41, 5.74) is 0. The van der Waals surface area contributed by atoms with Crippen LogP contribution in [0.5, 0.6) is 0 Å². The van der Waals surface area contributed by atoms with Gasteiger partial charge in [0.05, 0.1) is 0 Å². The minimum absolute atomic E-state index is 0.651. The molecule has 0 aliphatic rings. The fraction of sp³-hybridized carbons (Fsp3) is 0.818. The molecule has 0 aromatic heterocycles. The first kappa shape index (κ1) is 11.5. The van der Waals surface area contributed by atoms with Crippen LogP contribution in [0, 0.1) is 5.92 Å². The lowest BCUT2D eigenvalue weighted by molar-refractivity contribution is 0.390. The molecule has 1 heteroatoms. The van der Waals surface area contributed by atoms with Gasteiger partial charge in [-0.1, -0.05) is 40.2 Å². The average Bonchev–Trinajstić information content (AvgIpc) is 2.11. The molecular formula is C11H23N. The van der Waals surface area contributed by atoms with Crippen molar-refractivity contribution in [1.29, 1.82) is 0 Å². The summed E-state index contributed by atoms with van der Waals surface area (Å²) in [5.74, 6) is 0.775. The smallest absolute Gasteiger partial charge is 0.0278 e. The zero-order valence-corrected chi connectivity index (χ0v) is 8.93. The summed E-state index contributed by atoms with van der Waals surface area (Å²) in [6, 6.07) is 0.651. The van der Waals surface area contributed by atoms with Crippen molar-refractivity contribution in [3.05, 3.63) is 12.3 Å². The van der Waals surface area contributed by atoms with Crippen LogP contribution in [0.2, 0.25) is 0 Å². The van der Waals surface area contributed by atoms with Crippen molar-refractivity contribution in [3.8, 4) is 0 Å². The Morgan fingerprint density at radius 3 is 2.25 bits per heavy atom. The molecule has 1 N–H and O–H groups in total. The summed E-state index contributed by atoms with van der Waals surface area (Å²) < 4.78 is 0. The molecule has 0 aromatic carbocycles. The zero-order valence-electron chi connectivity index (χ0n) is 8.93. The highest BCUT2D eigenvalue weighted by molar-refractivity contribution is 4.83. The second-order valence-corrected chi connectivity index (χ2v) is 3.38. The highest BCUT2D eigenvalue weighted by Crippen LogP contribution is 2.10. The van der Waals surface area contributed by atoms with Crippen LogP contribution in [-0.2, 0) is 0 Å². The van der Waals surface area contributed by atoms with Crippen molar-refractivity contribution >= 4 is 0 Å². The molecule has 12 heavy (non-hydrogen) atoms. The number of hydrogen-bond acceptors (Lipinski definition) is 1. The van der Waals surface area contributed by atoms with Gasteiger partial charge in [0.1, 0.15) is 0 Å². The summed E-state index contributed by atoms with van der Waals surface area (Å²) in [6.07, 6.45) is 7.85. The lowest BCUT2D eigenvalue weighted by atomic mass is 9.97. The molecule has 0 fully saturated rings. The van der Waals surface area contributed by atoms with E-state index in [9.17, 15) is 0 Å². The molecule has 0 spiro atoms. The van der Waals surface area contributed by atoms with Crippen LogP contribution >= 0.6 is 0 Å². The molecule has 2 atom stereocenters. The van der Waals surface area contributed by atoms with Gasteiger partial charge in [0.2, 0.25) is 0 Å². The first-order chi connectivity index (χ1) is 5.76. The van der Waals surface area contributed by atoms with Crippen molar-refractivity contribution in [3.63, 3.8) is 0 Å². The monoisotopic (exact) mass is 169 g/mol. The van der Waals surface area contributed by atoms with Crippen molar-refractivity contribution in [2.75, 3.05) is 0 Å². The van der Waals surface area contributed by atoms with E-state index in [2.05, 4.69) is 45.3 Å². The fourth-order valence-corrected chi connectivity index (χ4v) is 1.28. The summed E-state index contributed by atoms with van der Waals surface area (Å²) in [5, 5.41) is 3.44. The van der Waals surface area contributed by atoms with E-state index < -0.39 is 0 Å². The first-order valence-corrected chi connectivity index (χ1v) is 5.17. The topological polar surface area (TPSA) is 12.0 Å². The van der Waals surface area contributed by atoms with Crippen LogP contribution in [0.25, 0.3) is 0 Å². The minimum Gasteiger partial charge on any atom is -0.388 e. The molecule has 0 aromatic rings. The van der Waals surface area contributed by atoms with Gasteiger partial charge in [-0.25, -0.2) is 0 Å². The summed E-state index contributed by atoms with van der Waals surface area (Å²) in [4.78, 5) is 0. The average molecular weight is 169 g/mol. The van der Waals surface area contributed by atoms with E-state index in [1.54, 1.807) is 0 Å². The maximum atomic E-state index is 3.44. The fourth-order valence-electron chi connectivity index (χ4n) is 1.28. The van der Waals surface area contributed by atoms with E-state index >= 15 is 0 Å². The maximum Gasteiger partial charge on any atom is 0.0278 e. The molecule has 1 nitrogen and oxygen atoms in total. The molecule has 0 aliphatic heterocycles. The summed E-state index contributed by atoms with van der Waals surface area (Å²) >= 11 is 0. The largest absolute Gasteiger partial charge is 0.388 e. The van der Waals surface area contributed by atoms with Gasteiger partial charge in [-0.15, -0.1) is 0 Å². The van der Waals surface area contributed by atoms with E-state index in [0.29, 0.717) is 6.04 Å². The summed E-state index contributed by atoms with van der Waals surface area (Å²) in [7, 11) is 0. The molecule has 0 radical (unpaired) electrons. The zero-order chi connectivity index (χ0) is 9.40. The Morgan fingerprint density at radius 1 is 1.17 bits per heavy atom. The third kappa shape index (κ3) is 4.42. The predicted octanol–water partition coefficient (Wildman–Crippen LogP) is 3.32. The Bertz CT molecular complexity index is 118. The molecule has 0 amide bonds. The molecule has 0 rings (SSSR count). The van der Waals surface area contributed by atoms with E-state index in [-0.39, 0.29) is 0 Å². The highest BCUT2D eigenvalue weighted by Gasteiger charge is 2.10. The Balaban J connectivity index is 3.74. The second-order valence-electron chi connectivity index (χ2n) is 3.38. The minimum atomic E-state index is 0.651. The van der Waals surface area contributed by atoms with Crippen molar-refractivity contribution in [2.24, 2.45) is 5.92 Å². The van der Waals surface area contributed by atoms with Gasteiger partial charge < -0.3 is 5.32 Å². The van der Waals surface area contributed by atoms with E-state index in [4.69, 9.17) is 0 Å². The Hall–Kier alpha value is -0.460. The van der Waals surface area contributed by atoms with Gasteiger partial charge in [-0.05, 0) is 25.0 Å². The normalized spacial score (nSPS) is 16.3. The Labute approximate surface area is 77.2 Å². The lowest BCUT2D eigenvalue weighted by Gasteiger charge is -2.21. The van der Waals surface area contributed by atoms with Crippen LogP contribution in [0.3, 0.4) is 0 Å². The van der Waals surface area contributed by atoms with Crippen molar-refractivity contribution < 1.29 is 0 Å². The van der Waals surface area contributed by atoms with Gasteiger partial charge in [-0.2, -0.15) is 0 Å². The van der Waals surface area contributed by atoms with Gasteiger partial charge in [-0.3, -0.25) is 0 Å². The number of hydrogen-bond donors (Lipinski definition) is 1. The van der Waals surface area contributed by atoms with Crippen molar-refractivity contribution in [1.82, 2.24) is 5.32 Å². The maximum absolute atomic E-state index is 3.44. The van der Waals surface area contributed by atoms with E-state index in [1.165, 1.54) is 12.8 Å². The third-order valence-corrected chi connectivity index (χ3v) is 2.43. The summed E-state index contributed by atoms with van der Waals surface area (Å²) in [6.45, 7) is 8.95. The Morgan fingerprint density at radius 2 is 1.83 bits per heavy atom. The molecule has 0 aliphatic carbocycles. The van der Waals surface area contributed by atoms with Gasteiger partial charge in [0, 0.05) is 6.04 Å². The van der Waals surface area contributed by atoms with Crippen LogP contribution in [0.4, 0.5) is 0 Å². The Kier molecular flexibility index (Phi) is 6.93. The number of rotatable bonds is 6. The van der Waals surface area contributed by atoms with Gasteiger partial charge in [0.15, 0.2) is 0 Å². The van der Waals surface area contributed by atoms with Crippen LogP contribution in [-0.4, -0.2) is 6.04 Å². The SMILES string of the molecule is CC/C=C\NC(CC)[C@H](C)CC. The van der Waals surface area contributed by atoms with Crippen LogP contribution in [0.1, 0.15) is 47.0 Å². The molecule has 1 unspecified atom stereocenters. The van der Waals surface area contributed by atoms with Crippen LogP contribution < -0.4 is 5.32 Å². The molecule has 0 heterocycles. The van der Waals surface area contributed by atoms with E-state index in [0.717, 1.165) is 12.3 Å². The molecule has 0 saturated carbocycles. The molecular weight excluding hydrogens is 146 g/mol. The number of allylic oxidation sites excluding steroid dienone is 1. The third-order valence-electron chi connectivity index (χ3n) is 2.43. The second kappa shape index (κ2) is 7.20. The lowest BCUT2D eigenvalue weighted by Crippen LogP contribution is -2.30. The first-order valence-electron chi connectivity index (χ1n) is 5.17. The molecule has 0 bridgehead atoms. The highest BCUT2D eigenvalue weighted by atomic mass is 14.9. The van der Waals surface area contributed by atoms with Crippen LogP contribution in [0.15, 0.2) is 12.3 Å². The molecule has 72 valence electrons. The van der Waals surface area contributed by atoms with E-state index in [1.807, 2.05) is 0 Å². The predicted molar refractivity (Wildman–Crippen MR) is 56.1 cm³/mol. The molecule has 0 saturated heterocycles. The standard InChI is InChI=1S/C11H23N/c1-5-8-9-12-11(7-3)10(4)6-2/h8-12H,5-7H2,1-4H3/b9-8-/t10-,11?/m1/s1. The number of nitrogens with one attached hydrogen (secondary N) is 1. The van der Waals surface area contributed by atoms with Gasteiger partial charge in [0.25, 0.3) is 0 Å². The quantitative estimate of drug-likeness (QED) is 0.643.